The molecule has 0 aliphatic carbocycles. The second-order valence-electron chi connectivity index (χ2n) is 24.9. The van der Waals surface area contributed by atoms with Crippen molar-refractivity contribution in [3.8, 4) is 0 Å². The molecule has 0 aromatic rings. The van der Waals surface area contributed by atoms with Crippen molar-refractivity contribution in [2.75, 3.05) is 47.5 Å². The number of quaternary nitrogens is 1. The van der Waals surface area contributed by atoms with Crippen molar-refractivity contribution in [1.82, 2.24) is 0 Å². The van der Waals surface area contributed by atoms with E-state index >= 15 is 0 Å². The van der Waals surface area contributed by atoms with Gasteiger partial charge in [0, 0.05) is 12.8 Å². The summed E-state index contributed by atoms with van der Waals surface area (Å²) < 4.78 is 34.3. The third-order valence-electron chi connectivity index (χ3n) is 15.3. The molecular formula is C76H134NO8P. The highest BCUT2D eigenvalue weighted by molar-refractivity contribution is 7.45. The van der Waals surface area contributed by atoms with Gasteiger partial charge in [-0.15, -0.1) is 0 Å². The van der Waals surface area contributed by atoms with E-state index in [0.29, 0.717) is 17.4 Å². The highest BCUT2D eigenvalue weighted by Crippen LogP contribution is 2.38. The molecule has 0 aromatic carbocycles. The van der Waals surface area contributed by atoms with Gasteiger partial charge in [0.25, 0.3) is 7.82 Å². The zero-order chi connectivity index (χ0) is 62.6. The molecule has 9 nitrogen and oxygen atoms in total. The van der Waals surface area contributed by atoms with E-state index in [1.807, 2.05) is 21.1 Å². The maximum absolute atomic E-state index is 12.9. The van der Waals surface area contributed by atoms with Gasteiger partial charge in [-0.2, -0.15) is 0 Å². The summed E-state index contributed by atoms with van der Waals surface area (Å²) in [6, 6.07) is 0. The molecule has 10 heteroatoms. The SMILES string of the molecule is CC/C=C\C/C=C\C/C=C\C/C=C\C/C=C\C/C=C\C/C=C\CCCCCCCCCCCCCCCCCCCC(=O)OC(COC(=O)CCCCCCCCCCCCC/C=C\C/C=C\CCCCCCC)COP(=O)([O-])OCC[N+](C)(C)C. The Balaban J connectivity index is 4.01. The minimum atomic E-state index is -4.65. The first-order valence-electron chi connectivity index (χ1n) is 35.6. The zero-order valence-electron chi connectivity index (χ0n) is 56.5. The molecule has 0 N–H and O–H groups in total. The van der Waals surface area contributed by atoms with E-state index < -0.39 is 26.5 Å². The third kappa shape index (κ3) is 69.8. The van der Waals surface area contributed by atoms with Gasteiger partial charge in [0.2, 0.25) is 0 Å². The Morgan fingerprint density at radius 3 is 0.988 bits per heavy atom. The molecular weight excluding hydrogens is 1090 g/mol. The first kappa shape index (κ1) is 82.7. The Hall–Kier alpha value is -3.33. The Morgan fingerprint density at radius 1 is 0.372 bits per heavy atom. The van der Waals surface area contributed by atoms with Crippen LogP contribution in [0.3, 0.4) is 0 Å². The van der Waals surface area contributed by atoms with E-state index in [2.05, 4.69) is 123 Å². The Labute approximate surface area is 531 Å². The van der Waals surface area contributed by atoms with Crippen LogP contribution in [0.2, 0.25) is 0 Å². The molecule has 0 radical (unpaired) electrons. The molecule has 0 saturated heterocycles. The Bertz CT molecular complexity index is 1820. The molecule has 86 heavy (non-hydrogen) atoms. The fourth-order valence-electron chi connectivity index (χ4n) is 9.85. The minimum absolute atomic E-state index is 0.0334. The molecule has 0 spiro atoms. The van der Waals surface area contributed by atoms with Crippen LogP contribution in [0.25, 0.3) is 0 Å². The fraction of sp³-hybridized carbons (Fsp3) is 0.737. The largest absolute Gasteiger partial charge is 0.756 e. The van der Waals surface area contributed by atoms with Gasteiger partial charge >= 0.3 is 11.9 Å². The van der Waals surface area contributed by atoms with E-state index in [0.717, 1.165) is 89.9 Å². The number of unbranched alkanes of at least 4 members (excludes halogenated alkanes) is 33. The summed E-state index contributed by atoms with van der Waals surface area (Å²) in [5.41, 5.74) is 0. The molecule has 0 aliphatic heterocycles. The lowest BCUT2D eigenvalue weighted by Gasteiger charge is -2.28. The lowest BCUT2D eigenvalue weighted by molar-refractivity contribution is -0.870. The maximum Gasteiger partial charge on any atom is 0.306 e. The predicted octanol–water partition coefficient (Wildman–Crippen LogP) is 22.6. The van der Waals surface area contributed by atoms with Crippen molar-refractivity contribution in [3.05, 3.63) is 109 Å². The first-order chi connectivity index (χ1) is 42.0. The summed E-state index contributed by atoms with van der Waals surface area (Å²) in [6.45, 7) is 4.14. The van der Waals surface area contributed by atoms with Gasteiger partial charge in [-0.3, -0.25) is 14.2 Å². The number of esters is 2. The van der Waals surface area contributed by atoms with Crippen molar-refractivity contribution < 1.29 is 42.1 Å². The summed E-state index contributed by atoms with van der Waals surface area (Å²) in [4.78, 5) is 38.1. The third-order valence-corrected chi connectivity index (χ3v) is 16.2. The van der Waals surface area contributed by atoms with Crippen LogP contribution in [0.1, 0.15) is 309 Å². The fourth-order valence-corrected chi connectivity index (χ4v) is 10.6. The van der Waals surface area contributed by atoms with Gasteiger partial charge in [0.05, 0.1) is 27.7 Å². The van der Waals surface area contributed by atoms with Crippen molar-refractivity contribution in [2.45, 2.75) is 315 Å². The summed E-state index contributed by atoms with van der Waals surface area (Å²) in [6.07, 6.45) is 93.1. The number of hydrogen-bond donors (Lipinski definition) is 0. The van der Waals surface area contributed by atoms with Crippen LogP contribution in [0.4, 0.5) is 0 Å². The molecule has 0 rings (SSSR count). The lowest BCUT2D eigenvalue weighted by atomic mass is 10.0. The van der Waals surface area contributed by atoms with Crippen LogP contribution in [0, 0.1) is 0 Å². The van der Waals surface area contributed by atoms with E-state index in [1.165, 1.54) is 186 Å². The molecule has 2 atom stereocenters. The van der Waals surface area contributed by atoms with Crippen molar-refractivity contribution in [2.24, 2.45) is 0 Å². The maximum atomic E-state index is 12.9. The molecule has 0 aromatic heterocycles. The number of phosphoric ester groups is 1. The zero-order valence-corrected chi connectivity index (χ0v) is 57.4. The average molecular weight is 1220 g/mol. The smallest absolute Gasteiger partial charge is 0.306 e. The number of allylic oxidation sites excluding steroid dienone is 18. The summed E-state index contributed by atoms with van der Waals surface area (Å²) in [7, 11) is 1.17. The minimum Gasteiger partial charge on any atom is -0.756 e. The topological polar surface area (TPSA) is 111 Å². The Kier molecular flexibility index (Phi) is 63.5. The van der Waals surface area contributed by atoms with E-state index in [1.54, 1.807) is 0 Å². The van der Waals surface area contributed by atoms with Crippen molar-refractivity contribution in [3.63, 3.8) is 0 Å². The van der Waals surface area contributed by atoms with Gasteiger partial charge in [-0.05, 0) is 103 Å². The van der Waals surface area contributed by atoms with Crippen LogP contribution in [-0.2, 0) is 32.7 Å². The summed E-state index contributed by atoms with van der Waals surface area (Å²) in [5, 5.41) is 0. The second-order valence-corrected chi connectivity index (χ2v) is 26.3. The van der Waals surface area contributed by atoms with Crippen LogP contribution >= 0.6 is 7.82 Å². The number of rotatable bonds is 65. The number of carbonyl (C=O) groups is 2. The molecule has 0 heterocycles. The average Bonchev–Trinajstić information content (AvgIpc) is 3.56. The molecule has 496 valence electrons. The van der Waals surface area contributed by atoms with Crippen LogP contribution in [-0.4, -0.2) is 70.0 Å². The number of nitrogens with zero attached hydrogens (tertiary/aromatic N) is 1. The molecule has 0 saturated carbocycles. The standard InChI is InChI=1S/C76H134NO8P/c1-6-8-10-12-14-16-18-20-22-24-26-28-30-31-32-33-34-35-36-37-38-39-40-41-42-43-44-45-47-49-51-53-55-57-59-61-63-65-67-69-76(79)85-74(73-84-86(80,81)83-71-70-77(3,4)5)72-82-75(78)68-66-64-62-60-58-56-54-52-50-48-46-29-27-25-23-21-19-17-15-13-11-9-7-2/h8,10,14,16,19-22,25-28,31-32,34-35,37-38,74H,6-7,9,11-13,15,17-18,23-24,29-30,33,36,39-73H2,1-5H3/b10-8-,16-14-,21-19-,22-20-,27-25-,28-26-,32-31-,35-34-,38-37-. The number of ether oxygens (including phenoxy) is 2. The highest BCUT2D eigenvalue weighted by Gasteiger charge is 2.22. The van der Waals surface area contributed by atoms with Gasteiger partial charge in [-0.1, -0.05) is 303 Å². The van der Waals surface area contributed by atoms with Crippen LogP contribution in [0.5, 0.6) is 0 Å². The summed E-state index contributed by atoms with van der Waals surface area (Å²) >= 11 is 0. The molecule has 0 fully saturated rings. The highest BCUT2D eigenvalue weighted by atomic mass is 31.2. The monoisotopic (exact) mass is 1220 g/mol. The second kappa shape index (κ2) is 66.1. The van der Waals surface area contributed by atoms with Crippen molar-refractivity contribution >= 4 is 19.8 Å². The van der Waals surface area contributed by atoms with Crippen molar-refractivity contribution in [1.29, 1.82) is 0 Å². The van der Waals surface area contributed by atoms with E-state index in [-0.39, 0.29) is 32.0 Å². The van der Waals surface area contributed by atoms with Crippen LogP contribution < -0.4 is 4.89 Å². The van der Waals surface area contributed by atoms with Gasteiger partial charge in [-0.25, -0.2) is 0 Å². The van der Waals surface area contributed by atoms with Crippen LogP contribution in [0.15, 0.2) is 109 Å². The normalized spacial score (nSPS) is 13.8. The quantitative estimate of drug-likeness (QED) is 0.0195. The lowest BCUT2D eigenvalue weighted by Crippen LogP contribution is -2.37. The molecule has 0 bridgehead atoms. The van der Waals surface area contributed by atoms with Gasteiger partial charge in [0.15, 0.2) is 6.10 Å². The van der Waals surface area contributed by atoms with E-state index in [4.69, 9.17) is 18.5 Å². The van der Waals surface area contributed by atoms with E-state index in [9.17, 15) is 19.0 Å². The Morgan fingerprint density at radius 2 is 0.663 bits per heavy atom. The molecule has 0 amide bonds. The predicted molar refractivity (Wildman–Crippen MR) is 369 cm³/mol. The number of likely N-dealkylation sites (N-methyl/N-ethyl adjacent to an activating group) is 1. The number of hydrogen-bond acceptors (Lipinski definition) is 8. The molecule has 0 aliphatic rings. The van der Waals surface area contributed by atoms with Gasteiger partial charge < -0.3 is 27.9 Å². The number of carbonyl (C=O) groups excluding carboxylic acids is 2. The number of phosphoric acid groups is 1. The first-order valence-corrected chi connectivity index (χ1v) is 37.1. The summed E-state index contributed by atoms with van der Waals surface area (Å²) in [5.74, 6) is -0.828. The molecule has 2 unspecified atom stereocenters. The van der Waals surface area contributed by atoms with Gasteiger partial charge in [0.1, 0.15) is 19.8 Å².